The van der Waals surface area contributed by atoms with Crippen molar-refractivity contribution in [3.63, 3.8) is 0 Å². The molecule has 3 unspecified atom stereocenters. The van der Waals surface area contributed by atoms with Crippen LogP contribution in [0.5, 0.6) is 0 Å². The molecule has 0 aliphatic carbocycles. The van der Waals surface area contributed by atoms with Gasteiger partial charge < -0.3 is 15.0 Å². The summed E-state index contributed by atoms with van der Waals surface area (Å²) in [4.78, 5) is 26.0. The van der Waals surface area contributed by atoms with Crippen molar-refractivity contribution in [2.24, 2.45) is 5.92 Å². The number of hydrogen-bond donors (Lipinski definition) is 1. The quantitative estimate of drug-likeness (QED) is 0.791. The Bertz CT molecular complexity index is 317. The molecule has 1 rings (SSSR count). The zero-order chi connectivity index (χ0) is 13.9. The van der Waals surface area contributed by atoms with Gasteiger partial charge >= 0.3 is 0 Å². The average molecular weight is 256 g/mol. The number of hydrogen-bond acceptors (Lipinski definition) is 3. The van der Waals surface area contributed by atoms with Gasteiger partial charge in [0.1, 0.15) is 12.1 Å². The van der Waals surface area contributed by atoms with Crippen LogP contribution in [0, 0.1) is 5.92 Å². The summed E-state index contributed by atoms with van der Waals surface area (Å²) in [5.41, 5.74) is 0. The summed E-state index contributed by atoms with van der Waals surface area (Å²) in [5.74, 6) is 0.170. The summed E-state index contributed by atoms with van der Waals surface area (Å²) in [6.07, 6.45) is 0.617. The first-order valence-corrected chi connectivity index (χ1v) is 6.55. The molecule has 104 valence electrons. The van der Waals surface area contributed by atoms with Crippen molar-refractivity contribution in [1.29, 1.82) is 0 Å². The summed E-state index contributed by atoms with van der Waals surface area (Å²) in [7, 11) is 1.62. The van der Waals surface area contributed by atoms with Gasteiger partial charge in [0, 0.05) is 7.11 Å². The van der Waals surface area contributed by atoms with Crippen molar-refractivity contribution in [2.75, 3.05) is 13.7 Å². The highest BCUT2D eigenvalue weighted by Crippen LogP contribution is 2.20. The van der Waals surface area contributed by atoms with Crippen molar-refractivity contribution in [3.8, 4) is 0 Å². The lowest BCUT2D eigenvalue weighted by atomic mass is 9.97. The maximum absolute atomic E-state index is 12.4. The molecular weight excluding hydrogens is 232 g/mol. The van der Waals surface area contributed by atoms with Crippen LogP contribution < -0.4 is 5.32 Å². The van der Waals surface area contributed by atoms with E-state index in [0.717, 1.165) is 0 Å². The Hall–Kier alpha value is -1.10. The highest BCUT2D eigenvalue weighted by Gasteiger charge is 2.41. The average Bonchev–Trinajstić information content (AvgIpc) is 2.32. The van der Waals surface area contributed by atoms with Crippen LogP contribution in [0.2, 0.25) is 0 Å². The predicted octanol–water partition coefficient (Wildman–Crippen LogP) is 0.783. The van der Waals surface area contributed by atoms with E-state index in [1.165, 1.54) is 0 Å². The Labute approximate surface area is 109 Å². The van der Waals surface area contributed by atoms with Crippen LogP contribution in [0.25, 0.3) is 0 Å². The Morgan fingerprint density at radius 2 is 2.00 bits per heavy atom. The van der Waals surface area contributed by atoms with E-state index in [9.17, 15) is 9.59 Å². The fourth-order valence-corrected chi connectivity index (χ4v) is 2.34. The largest absolute Gasteiger partial charge is 0.383 e. The Balaban J connectivity index is 2.99. The highest BCUT2D eigenvalue weighted by molar-refractivity contribution is 5.96. The molecule has 1 fully saturated rings. The van der Waals surface area contributed by atoms with Crippen molar-refractivity contribution in [3.05, 3.63) is 0 Å². The topological polar surface area (TPSA) is 58.6 Å². The molecule has 1 aliphatic rings. The van der Waals surface area contributed by atoms with Gasteiger partial charge in [-0.05, 0) is 19.3 Å². The third-order valence-electron chi connectivity index (χ3n) is 3.54. The van der Waals surface area contributed by atoms with Gasteiger partial charge in [0.25, 0.3) is 0 Å². The van der Waals surface area contributed by atoms with Crippen LogP contribution in [-0.2, 0) is 14.3 Å². The summed E-state index contributed by atoms with van der Waals surface area (Å²) >= 11 is 0. The molecule has 2 amide bonds. The maximum atomic E-state index is 12.4. The standard InChI is InChI=1S/C13H24N2O3/c1-6-10-13(17)15(9(4)12(16)14-10)11(7-18-5)8(2)3/h8-11H,6-7H2,1-5H3,(H,14,16). The van der Waals surface area contributed by atoms with Crippen molar-refractivity contribution >= 4 is 11.8 Å². The number of methoxy groups -OCH3 is 1. The number of piperazine rings is 1. The molecule has 3 atom stereocenters. The number of carbonyl (C=O) groups excluding carboxylic acids is 2. The first-order chi connectivity index (χ1) is 8.43. The van der Waals surface area contributed by atoms with E-state index < -0.39 is 12.1 Å². The lowest BCUT2D eigenvalue weighted by Gasteiger charge is -2.43. The predicted molar refractivity (Wildman–Crippen MR) is 69.0 cm³/mol. The first kappa shape index (κ1) is 15.0. The van der Waals surface area contributed by atoms with Gasteiger partial charge in [-0.25, -0.2) is 0 Å². The monoisotopic (exact) mass is 256 g/mol. The van der Waals surface area contributed by atoms with Crippen LogP contribution in [0.1, 0.15) is 34.1 Å². The van der Waals surface area contributed by atoms with E-state index in [-0.39, 0.29) is 23.8 Å². The molecule has 0 bridgehead atoms. The van der Waals surface area contributed by atoms with Gasteiger partial charge in [0.15, 0.2) is 0 Å². The molecular formula is C13H24N2O3. The van der Waals surface area contributed by atoms with E-state index in [1.807, 2.05) is 20.8 Å². The first-order valence-electron chi connectivity index (χ1n) is 6.55. The summed E-state index contributed by atoms with van der Waals surface area (Å²) in [6, 6.07) is -0.882. The molecule has 0 aromatic heterocycles. The molecule has 0 spiro atoms. The highest BCUT2D eigenvalue weighted by atomic mass is 16.5. The van der Waals surface area contributed by atoms with Gasteiger partial charge in [-0.3, -0.25) is 9.59 Å². The minimum absolute atomic E-state index is 0.000324. The zero-order valence-corrected chi connectivity index (χ0v) is 11.9. The Morgan fingerprint density at radius 1 is 1.39 bits per heavy atom. The van der Waals surface area contributed by atoms with Crippen molar-refractivity contribution in [1.82, 2.24) is 10.2 Å². The third kappa shape index (κ3) is 2.83. The molecule has 1 heterocycles. The van der Waals surface area contributed by atoms with Gasteiger partial charge in [-0.1, -0.05) is 20.8 Å². The van der Waals surface area contributed by atoms with Gasteiger partial charge in [0.05, 0.1) is 12.6 Å². The smallest absolute Gasteiger partial charge is 0.246 e. The minimum Gasteiger partial charge on any atom is -0.383 e. The van der Waals surface area contributed by atoms with E-state index >= 15 is 0 Å². The van der Waals surface area contributed by atoms with Gasteiger partial charge in [-0.15, -0.1) is 0 Å². The lowest BCUT2D eigenvalue weighted by Crippen LogP contribution is -2.66. The van der Waals surface area contributed by atoms with Gasteiger partial charge in [0.2, 0.25) is 11.8 Å². The SMILES string of the molecule is CCC1NC(=O)C(C)N(C(COC)C(C)C)C1=O. The summed E-state index contributed by atoms with van der Waals surface area (Å²) in [6.45, 7) is 8.20. The summed E-state index contributed by atoms with van der Waals surface area (Å²) < 4.78 is 5.19. The second kappa shape index (κ2) is 6.18. The van der Waals surface area contributed by atoms with Crippen LogP contribution in [0.4, 0.5) is 0 Å². The van der Waals surface area contributed by atoms with Crippen LogP contribution in [-0.4, -0.2) is 48.6 Å². The Morgan fingerprint density at radius 3 is 2.44 bits per heavy atom. The Kier molecular flexibility index (Phi) is 5.14. The third-order valence-corrected chi connectivity index (χ3v) is 3.54. The molecule has 18 heavy (non-hydrogen) atoms. The van der Waals surface area contributed by atoms with Crippen molar-refractivity contribution in [2.45, 2.75) is 52.2 Å². The molecule has 1 aliphatic heterocycles. The second-order valence-corrected chi connectivity index (χ2v) is 5.16. The molecule has 5 heteroatoms. The summed E-state index contributed by atoms with van der Waals surface area (Å²) in [5, 5.41) is 2.76. The molecule has 5 nitrogen and oxygen atoms in total. The molecule has 0 saturated carbocycles. The number of nitrogens with zero attached hydrogens (tertiary/aromatic N) is 1. The van der Waals surface area contributed by atoms with E-state index in [4.69, 9.17) is 4.74 Å². The van der Waals surface area contributed by atoms with Gasteiger partial charge in [-0.2, -0.15) is 0 Å². The normalized spacial score (nSPS) is 26.4. The number of nitrogens with one attached hydrogen (secondary N) is 1. The molecule has 1 saturated heterocycles. The maximum Gasteiger partial charge on any atom is 0.246 e. The fourth-order valence-electron chi connectivity index (χ4n) is 2.34. The van der Waals surface area contributed by atoms with Crippen LogP contribution in [0.15, 0.2) is 0 Å². The number of ether oxygens (including phenoxy) is 1. The van der Waals surface area contributed by atoms with Crippen LogP contribution >= 0.6 is 0 Å². The lowest BCUT2D eigenvalue weighted by molar-refractivity contribution is -0.154. The molecule has 0 aromatic rings. The van der Waals surface area contributed by atoms with Crippen molar-refractivity contribution < 1.29 is 14.3 Å². The number of carbonyl (C=O) groups is 2. The minimum atomic E-state index is -0.428. The fraction of sp³-hybridized carbons (Fsp3) is 0.846. The zero-order valence-electron chi connectivity index (χ0n) is 11.9. The number of amides is 2. The number of rotatable bonds is 5. The van der Waals surface area contributed by atoms with E-state index in [2.05, 4.69) is 5.32 Å². The van der Waals surface area contributed by atoms with E-state index in [0.29, 0.717) is 13.0 Å². The van der Waals surface area contributed by atoms with Crippen LogP contribution in [0.3, 0.4) is 0 Å². The second-order valence-electron chi connectivity index (χ2n) is 5.16. The molecule has 1 N–H and O–H groups in total. The molecule has 0 aromatic carbocycles. The molecule has 0 radical (unpaired) electrons. The van der Waals surface area contributed by atoms with E-state index in [1.54, 1.807) is 18.9 Å².